The molecule has 1 aromatic rings. The summed E-state index contributed by atoms with van der Waals surface area (Å²) in [6.07, 6.45) is 0. The molecule has 1 rings (SSSR count). The van der Waals surface area contributed by atoms with Crippen LogP contribution in [0.2, 0.25) is 0 Å². The first-order chi connectivity index (χ1) is 6.07. The van der Waals surface area contributed by atoms with Gasteiger partial charge in [-0.05, 0) is 28.1 Å². The van der Waals surface area contributed by atoms with Crippen molar-refractivity contribution in [2.45, 2.75) is 0 Å². The number of hydrogen-bond acceptors (Lipinski definition) is 3. The van der Waals surface area contributed by atoms with Crippen LogP contribution >= 0.6 is 15.9 Å². The maximum absolute atomic E-state index is 13.1. The van der Waals surface area contributed by atoms with Gasteiger partial charge in [0.2, 0.25) is 5.82 Å². The second kappa shape index (κ2) is 3.69. The van der Waals surface area contributed by atoms with E-state index in [-0.39, 0.29) is 10.2 Å². The summed E-state index contributed by atoms with van der Waals surface area (Å²) >= 11 is 2.84. The number of benzene rings is 1. The molecule has 0 saturated heterocycles. The van der Waals surface area contributed by atoms with Crippen LogP contribution in [0.15, 0.2) is 16.6 Å². The van der Waals surface area contributed by atoms with Crippen molar-refractivity contribution >= 4 is 21.6 Å². The number of ether oxygens (including phenoxy) is 1. The molecule has 4 nitrogen and oxygen atoms in total. The molecule has 1 aromatic carbocycles. The highest BCUT2D eigenvalue weighted by atomic mass is 79.9. The number of nitrogens with zero attached hydrogens (tertiary/aromatic N) is 1. The minimum Gasteiger partial charge on any atom is -0.490 e. The highest BCUT2D eigenvalue weighted by Crippen LogP contribution is 2.33. The monoisotopic (exact) mass is 249 g/mol. The third-order valence-corrected chi connectivity index (χ3v) is 2.05. The molecule has 0 aliphatic carbocycles. The van der Waals surface area contributed by atoms with Gasteiger partial charge in [0.25, 0.3) is 0 Å². The summed E-state index contributed by atoms with van der Waals surface area (Å²) < 4.78 is 17.8. The van der Waals surface area contributed by atoms with Gasteiger partial charge in [-0.3, -0.25) is 10.1 Å². The van der Waals surface area contributed by atoms with Gasteiger partial charge in [0.1, 0.15) is 0 Å². The number of rotatable bonds is 2. The molecule has 70 valence electrons. The molecule has 0 amide bonds. The lowest BCUT2D eigenvalue weighted by atomic mass is 10.3. The van der Waals surface area contributed by atoms with Crippen molar-refractivity contribution in [3.8, 4) is 5.75 Å². The van der Waals surface area contributed by atoms with Crippen LogP contribution in [-0.4, -0.2) is 12.0 Å². The molecule has 0 aliphatic heterocycles. The number of nitro groups is 1. The molecule has 0 unspecified atom stereocenters. The fourth-order valence-electron chi connectivity index (χ4n) is 0.857. The van der Waals surface area contributed by atoms with Crippen LogP contribution in [-0.2, 0) is 0 Å². The SMILES string of the molecule is COc1ccc(Br)c(F)c1[N+](=O)[O-]. The van der Waals surface area contributed by atoms with E-state index in [9.17, 15) is 14.5 Å². The van der Waals surface area contributed by atoms with Crippen molar-refractivity contribution in [1.82, 2.24) is 0 Å². The van der Waals surface area contributed by atoms with E-state index in [1.165, 1.54) is 19.2 Å². The second-order valence-corrected chi connectivity index (χ2v) is 3.02. The van der Waals surface area contributed by atoms with Crippen molar-refractivity contribution < 1.29 is 14.1 Å². The number of nitro benzene ring substituents is 1. The molecule has 0 aliphatic rings. The zero-order chi connectivity index (χ0) is 10.0. The Morgan fingerprint density at radius 2 is 2.23 bits per heavy atom. The molecule has 13 heavy (non-hydrogen) atoms. The van der Waals surface area contributed by atoms with Crippen molar-refractivity contribution in [2.24, 2.45) is 0 Å². The van der Waals surface area contributed by atoms with Gasteiger partial charge < -0.3 is 4.74 Å². The molecule has 0 saturated carbocycles. The van der Waals surface area contributed by atoms with Crippen LogP contribution in [0.4, 0.5) is 10.1 Å². The minimum absolute atomic E-state index is 0.0417. The summed E-state index contributed by atoms with van der Waals surface area (Å²) in [6, 6.07) is 2.67. The number of methoxy groups -OCH3 is 1. The average Bonchev–Trinajstić information content (AvgIpc) is 2.08. The van der Waals surface area contributed by atoms with Gasteiger partial charge >= 0.3 is 5.69 Å². The lowest BCUT2D eigenvalue weighted by molar-refractivity contribution is -0.388. The summed E-state index contributed by atoms with van der Waals surface area (Å²) in [5, 5.41) is 10.4. The summed E-state index contributed by atoms with van der Waals surface area (Å²) in [6.45, 7) is 0. The van der Waals surface area contributed by atoms with Gasteiger partial charge in [0.15, 0.2) is 5.75 Å². The van der Waals surface area contributed by atoms with E-state index in [4.69, 9.17) is 0 Å². The van der Waals surface area contributed by atoms with Crippen LogP contribution in [0.3, 0.4) is 0 Å². The Balaban J connectivity index is 3.41. The molecule has 0 N–H and O–H groups in total. The second-order valence-electron chi connectivity index (χ2n) is 2.17. The Morgan fingerprint density at radius 3 is 2.69 bits per heavy atom. The molecule has 0 atom stereocenters. The molecule has 0 heterocycles. The van der Waals surface area contributed by atoms with Crippen molar-refractivity contribution in [1.29, 1.82) is 0 Å². The zero-order valence-corrected chi connectivity index (χ0v) is 8.17. The molecular weight excluding hydrogens is 245 g/mol. The van der Waals surface area contributed by atoms with Crippen molar-refractivity contribution in [3.05, 3.63) is 32.5 Å². The Labute approximate surface area is 81.6 Å². The Kier molecular flexibility index (Phi) is 2.82. The highest BCUT2D eigenvalue weighted by Gasteiger charge is 2.23. The minimum atomic E-state index is -0.927. The van der Waals surface area contributed by atoms with Crippen molar-refractivity contribution in [3.63, 3.8) is 0 Å². The van der Waals surface area contributed by atoms with E-state index in [2.05, 4.69) is 20.7 Å². The molecule has 0 bridgehead atoms. The van der Waals surface area contributed by atoms with Crippen LogP contribution in [0.1, 0.15) is 0 Å². The fourth-order valence-corrected chi connectivity index (χ4v) is 1.18. The standard InChI is InChI=1S/C7H5BrFNO3/c1-13-5-3-2-4(8)6(9)7(5)10(11)12/h2-3H,1H3. The average molecular weight is 250 g/mol. The summed E-state index contributed by atoms with van der Waals surface area (Å²) in [4.78, 5) is 9.60. The van der Waals surface area contributed by atoms with E-state index in [1.54, 1.807) is 0 Å². The topological polar surface area (TPSA) is 52.4 Å². The Morgan fingerprint density at radius 1 is 1.62 bits per heavy atom. The first kappa shape index (κ1) is 9.91. The van der Waals surface area contributed by atoms with Crippen LogP contribution in [0.25, 0.3) is 0 Å². The van der Waals surface area contributed by atoms with E-state index >= 15 is 0 Å². The van der Waals surface area contributed by atoms with Crippen LogP contribution in [0.5, 0.6) is 5.75 Å². The van der Waals surface area contributed by atoms with Crippen LogP contribution < -0.4 is 4.74 Å². The molecule has 0 aromatic heterocycles. The van der Waals surface area contributed by atoms with Gasteiger partial charge in [-0.1, -0.05) is 0 Å². The number of hydrogen-bond donors (Lipinski definition) is 0. The maximum atomic E-state index is 13.1. The summed E-state index contributed by atoms with van der Waals surface area (Å²) in [7, 11) is 1.25. The number of halogens is 2. The molecule has 0 fully saturated rings. The zero-order valence-electron chi connectivity index (χ0n) is 6.58. The molecule has 6 heteroatoms. The van der Waals surface area contributed by atoms with Gasteiger partial charge in [-0.25, -0.2) is 0 Å². The van der Waals surface area contributed by atoms with E-state index < -0.39 is 16.4 Å². The van der Waals surface area contributed by atoms with Gasteiger partial charge in [0, 0.05) is 0 Å². The van der Waals surface area contributed by atoms with E-state index in [0.29, 0.717) is 0 Å². The van der Waals surface area contributed by atoms with Crippen molar-refractivity contribution in [2.75, 3.05) is 7.11 Å². The highest BCUT2D eigenvalue weighted by molar-refractivity contribution is 9.10. The molecule has 0 spiro atoms. The Hall–Kier alpha value is -1.17. The predicted octanol–water partition coefficient (Wildman–Crippen LogP) is 2.51. The van der Waals surface area contributed by atoms with Gasteiger partial charge in [0.05, 0.1) is 16.5 Å². The van der Waals surface area contributed by atoms with Gasteiger partial charge in [-0.2, -0.15) is 4.39 Å². The largest absolute Gasteiger partial charge is 0.490 e. The normalized spacial score (nSPS) is 9.77. The van der Waals surface area contributed by atoms with E-state index in [0.717, 1.165) is 0 Å². The maximum Gasteiger partial charge on any atom is 0.347 e. The smallest absolute Gasteiger partial charge is 0.347 e. The third-order valence-electron chi connectivity index (χ3n) is 1.43. The molecular formula is C7H5BrFNO3. The predicted molar refractivity (Wildman–Crippen MR) is 47.3 cm³/mol. The summed E-state index contributed by atoms with van der Waals surface area (Å²) in [5.74, 6) is -1.02. The lowest BCUT2D eigenvalue weighted by Crippen LogP contribution is -1.97. The Bertz CT molecular complexity index is 356. The van der Waals surface area contributed by atoms with Gasteiger partial charge in [-0.15, -0.1) is 0 Å². The quantitative estimate of drug-likeness (QED) is 0.598. The summed E-state index contributed by atoms with van der Waals surface area (Å²) in [5.41, 5.74) is -0.656. The van der Waals surface area contributed by atoms with E-state index in [1.807, 2.05) is 0 Å². The first-order valence-corrected chi connectivity index (χ1v) is 4.03. The molecule has 0 radical (unpaired) electrons. The third kappa shape index (κ3) is 1.77. The first-order valence-electron chi connectivity index (χ1n) is 3.24. The van der Waals surface area contributed by atoms with Crippen LogP contribution in [0, 0.1) is 15.9 Å². The lowest BCUT2D eigenvalue weighted by Gasteiger charge is -2.02. The fraction of sp³-hybridized carbons (Fsp3) is 0.143.